The van der Waals surface area contributed by atoms with Gasteiger partial charge >= 0.3 is 0 Å². The zero-order valence-electron chi connectivity index (χ0n) is 10.9. The minimum absolute atomic E-state index is 0.114. The molecule has 2 N–H and O–H groups in total. The Balaban J connectivity index is 2.40. The van der Waals surface area contributed by atoms with Crippen LogP contribution in [0.25, 0.3) is 0 Å². The first kappa shape index (κ1) is 14.8. The summed E-state index contributed by atoms with van der Waals surface area (Å²) in [7, 11) is 1.71. The lowest BCUT2D eigenvalue weighted by molar-refractivity contribution is -0.134. The molecule has 100 valence electrons. The van der Waals surface area contributed by atoms with Crippen molar-refractivity contribution in [2.45, 2.75) is 19.4 Å². The first-order valence-corrected chi connectivity index (χ1v) is 6.11. The van der Waals surface area contributed by atoms with Crippen molar-refractivity contribution in [2.75, 3.05) is 20.2 Å². The van der Waals surface area contributed by atoms with Crippen molar-refractivity contribution >= 4 is 17.5 Å². The fourth-order valence-electron chi connectivity index (χ4n) is 1.45. The molecule has 0 atom stereocenters. The van der Waals surface area contributed by atoms with Gasteiger partial charge in [-0.2, -0.15) is 0 Å². The second-order valence-electron chi connectivity index (χ2n) is 4.75. The molecule has 18 heavy (non-hydrogen) atoms. The molecule has 0 fully saturated rings. The van der Waals surface area contributed by atoms with Crippen LogP contribution in [0.2, 0.25) is 5.02 Å². The van der Waals surface area contributed by atoms with Crippen LogP contribution >= 0.6 is 11.6 Å². The van der Waals surface area contributed by atoms with Crippen molar-refractivity contribution in [3.05, 3.63) is 29.3 Å². The lowest BCUT2D eigenvalue weighted by Gasteiger charge is -2.25. The fourth-order valence-corrected chi connectivity index (χ4v) is 1.63. The predicted molar refractivity (Wildman–Crippen MR) is 72.9 cm³/mol. The highest BCUT2D eigenvalue weighted by Gasteiger charge is 2.25. The van der Waals surface area contributed by atoms with Gasteiger partial charge in [-0.15, -0.1) is 0 Å². The van der Waals surface area contributed by atoms with E-state index in [2.05, 4.69) is 0 Å². The number of carbonyl (C=O) groups excluding carboxylic acids is 1. The summed E-state index contributed by atoms with van der Waals surface area (Å²) in [4.78, 5) is 13.3. The van der Waals surface area contributed by atoms with E-state index < -0.39 is 5.54 Å². The van der Waals surface area contributed by atoms with Crippen LogP contribution in [-0.2, 0) is 4.79 Å². The van der Waals surface area contributed by atoms with Gasteiger partial charge in [0.1, 0.15) is 12.4 Å². The number of amides is 1. The van der Waals surface area contributed by atoms with E-state index in [-0.39, 0.29) is 5.91 Å². The summed E-state index contributed by atoms with van der Waals surface area (Å²) >= 11 is 5.84. The molecule has 0 spiro atoms. The number of halogens is 1. The number of rotatable bonds is 5. The summed E-state index contributed by atoms with van der Waals surface area (Å²) in [5, 5.41) is 0.625. The molecule has 0 saturated heterocycles. The molecule has 4 nitrogen and oxygen atoms in total. The van der Waals surface area contributed by atoms with Gasteiger partial charge < -0.3 is 15.4 Å². The number of hydrogen-bond donors (Lipinski definition) is 1. The fraction of sp³-hybridized carbons (Fsp3) is 0.462. The number of hydrogen-bond acceptors (Lipinski definition) is 3. The highest BCUT2D eigenvalue weighted by Crippen LogP contribution is 2.16. The Morgan fingerprint density at radius 1 is 1.50 bits per heavy atom. The lowest BCUT2D eigenvalue weighted by atomic mass is 10.1. The Hall–Kier alpha value is -1.26. The van der Waals surface area contributed by atoms with E-state index in [0.717, 1.165) is 0 Å². The van der Waals surface area contributed by atoms with Crippen LogP contribution in [0, 0.1) is 0 Å². The van der Waals surface area contributed by atoms with Gasteiger partial charge in [-0.3, -0.25) is 4.79 Å². The maximum atomic E-state index is 11.8. The monoisotopic (exact) mass is 270 g/mol. The van der Waals surface area contributed by atoms with E-state index in [4.69, 9.17) is 22.1 Å². The highest BCUT2D eigenvalue weighted by molar-refractivity contribution is 6.30. The van der Waals surface area contributed by atoms with Gasteiger partial charge in [0.25, 0.3) is 0 Å². The Bertz CT molecular complexity index is 416. The number of nitrogens with two attached hydrogens (primary N) is 1. The minimum Gasteiger partial charge on any atom is -0.492 e. The second-order valence-corrected chi connectivity index (χ2v) is 5.19. The quantitative estimate of drug-likeness (QED) is 0.889. The first-order valence-electron chi connectivity index (χ1n) is 5.73. The minimum atomic E-state index is -0.856. The van der Waals surface area contributed by atoms with Crippen LogP contribution in [0.5, 0.6) is 5.75 Å². The summed E-state index contributed by atoms with van der Waals surface area (Å²) in [6, 6.07) is 7.15. The Labute approximate surface area is 113 Å². The summed E-state index contributed by atoms with van der Waals surface area (Å²) in [6.07, 6.45) is 0. The molecule has 1 amide bonds. The van der Waals surface area contributed by atoms with Gasteiger partial charge in [-0.25, -0.2) is 0 Å². The van der Waals surface area contributed by atoms with Crippen molar-refractivity contribution in [3.63, 3.8) is 0 Å². The molecule has 1 aromatic rings. The number of likely N-dealkylation sites (N-methyl/N-ethyl adjacent to an activating group) is 1. The topological polar surface area (TPSA) is 55.6 Å². The number of benzene rings is 1. The third-order valence-corrected chi connectivity index (χ3v) is 2.62. The van der Waals surface area contributed by atoms with E-state index in [1.807, 2.05) is 12.1 Å². The zero-order valence-corrected chi connectivity index (χ0v) is 11.7. The maximum absolute atomic E-state index is 11.8. The van der Waals surface area contributed by atoms with Crippen LogP contribution in [0.3, 0.4) is 0 Å². The maximum Gasteiger partial charge on any atom is 0.241 e. The van der Waals surface area contributed by atoms with Gasteiger partial charge in [0.2, 0.25) is 5.91 Å². The number of nitrogens with zero attached hydrogens (tertiary/aromatic N) is 1. The molecule has 1 aromatic carbocycles. The van der Waals surface area contributed by atoms with Crippen LogP contribution in [0.4, 0.5) is 0 Å². The van der Waals surface area contributed by atoms with Crippen LogP contribution in [-0.4, -0.2) is 36.5 Å². The van der Waals surface area contributed by atoms with E-state index in [9.17, 15) is 4.79 Å². The molecule has 0 aliphatic heterocycles. The molecule has 0 unspecified atom stereocenters. The van der Waals surface area contributed by atoms with Crippen molar-refractivity contribution in [1.29, 1.82) is 0 Å². The molecule has 0 aliphatic carbocycles. The zero-order chi connectivity index (χ0) is 13.8. The molecule has 0 radical (unpaired) electrons. The Kier molecular flexibility index (Phi) is 4.99. The molecule has 0 saturated carbocycles. The smallest absolute Gasteiger partial charge is 0.241 e. The molecular formula is C13H19ClN2O2. The van der Waals surface area contributed by atoms with Gasteiger partial charge in [0, 0.05) is 12.1 Å². The Morgan fingerprint density at radius 3 is 2.72 bits per heavy atom. The third-order valence-electron chi connectivity index (χ3n) is 2.39. The van der Waals surface area contributed by atoms with Crippen molar-refractivity contribution in [3.8, 4) is 5.75 Å². The summed E-state index contributed by atoms with van der Waals surface area (Å²) in [6.45, 7) is 4.25. The highest BCUT2D eigenvalue weighted by atomic mass is 35.5. The summed E-state index contributed by atoms with van der Waals surface area (Å²) < 4.78 is 5.50. The van der Waals surface area contributed by atoms with E-state index >= 15 is 0 Å². The Morgan fingerprint density at radius 2 is 2.17 bits per heavy atom. The molecule has 5 heteroatoms. The summed E-state index contributed by atoms with van der Waals surface area (Å²) in [5.41, 5.74) is 4.88. The number of ether oxygens (including phenoxy) is 1. The van der Waals surface area contributed by atoms with E-state index in [1.165, 1.54) is 0 Å². The van der Waals surface area contributed by atoms with Crippen molar-refractivity contribution < 1.29 is 9.53 Å². The van der Waals surface area contributed by atoms with Crippen LogP contribution in [0.1, 0.15) is 13.8 Å². The molecule has 1 rings (SSSR count). The average Bonchev–Trinajstić information content (AvgIpc) is 2.26. The van der Waals surface area contributed by atoms with Gasteiger partial charge in [0.15, 0.2) is 0 Å². The molecule has 0 aromatic heterocycles. The lowest BCUT2D eigenvalue weighted by Crippen LogP contribution is -2.50. The second kappa shape index (κ2) is 6.07. The number of carbonyl (C=O) groups is 1. The van der Waals surface area contributed by atoms with Crippen LogP contribution in [0.15, 0.2) is 24.3 Å². The van der Waals surface area contributed by atoms with E-state index in [1.54, 1.807) is 37.9 Å². The molecular weight excluding hydrogens is 252 g/mol. The van der Waals surface area contributed by atoms with Gasteiger partial charge in [-0.1, -0.05) is 17.7 Å². The predicted octanol–water partition coefficient (Wildman–Crippen LogP) is 1.91. The average molecular weight is 271 g/mol. The standard InChI is InChI=1S/C13H19ClN2O2/c1-13(2,15)12(17)16(3)7-8-18-11-6-4-5-10(14)9-11/h4-6,9H,7-8,15H2,1-3H3. The molecule has 0 aliphatic rings. The van der Waals surface area contributed by atoms with Crippen molar-refractivity contribution in [1.82, 2.24) is 4.90 Å². The van der Waals surface area contributed by atoms with Crippen LogP contribution < -0.4 is 10.5 Å². The molecule has 0 heterocycles. The van der Waals surface area contributed by atoms with Crippen molar-refractivity contribution in [2.24, 2.45) is 5.73 Å². The largest absolute Gasteiger partial charge is 0.492 e. The van der Waals surface area contributed by atoms with E-state index in [0.29, 0.717) is 23.9 Å². The molecule has 0 bridgehead atoms. The third kappa shape index (κ3) is 4.55. The first-order chi connectivity index (χ1) is 8.30. The summed E-state index contributed by atoms with van der Waals surface area (Å²) in [5.74, 6) is 0.576. The normalized spacial score (nSPS) is 11.2. The van der Waals surface area contributed by atoms with Gasteiger partial charge in [-0.05, 0) is 32.0 Å². The SMILES string of the molecule is CN(CCOc1cccc(Cl)c1)C(=O)C(C)(C)N. The van der Waals surface area contributed by atoms with Gasteiger partial charge in [0.05, 0.1) is 12.1 Å².